The SMILES string of the molecule is C=C(C)C1CCC(C)(OC(=O)C(C)CC)CC1.C=CCOC(=O)C(C)(CC)CBr.C=CCOC(=O)C(C)(CC)CO.C=COCCCCOC(=O)C(C)CC.C=COCCOCCOC(=O)C(C)CC.CCC(C)(C)C(=O)OC(C)(C)C#N.CCC(C)(C)C(=O)OCCCCC#N.CCC(C)C(=O)OC1CC2CC1CC2C#N.CCC(C)C(=O)OCc1ccc(C#N)cc1.[C-]#[N+]C(C)COC(=O)C(C)(C)CC. The second-order valence-corrected chi connectivity index (χ2v) is 39.6. The molecule has 4 rings (SSSR count). The summed E-state index contributed by atoms with van der Waals surface area (Å²) in [6.45, 7) is 81.1. The van der Waals surface area contributed by atoms with Crippen molar-refractivity contribution in [3.05, 3.63) is 110 Å². The molecular weight excluding hydrogens is 1880 g/mol. The number of esters is 10. The number of nitrogens with zero attached hydrogens (tertiary/aromatic N) is 5. The molecule has 29 nitrogen and oxygen atoms in total. The lowest BCUT2D eigenvalue weighted by Gasteiger charge is -2.37. The second kappa shape index (κ2) is 81.4. The first-order valence-corrected chi connectivity index (χ1v) is 51.7. The van der Waals surface area contributed by atoms with Crippen LogP contribution in [0.2, 0.25) is 0 Å². The third kappa shape index (κ3) is 65.4. The molecule has 0 saturated heterocycles. The molecule has 0 spiro atoms. The highest BCUT2D eigenvalue weighted by atomic mass is 79.9. The lowest BCUT2D eigenvalue weighted by Crippen LogP contribution is -2.37. The van der Waals surface area contributed by atoms with Gasteiger partial charge in [0.05, 0.1) is 133 Å². The van der Waals surface area contributed by atoms with Gasteiger partial charge in [-0.15, -0.1) is 0 Å². The van der Waals surface area contributed by atoms with Crippen LogP contribution in [0.15, 0.2) is 87.4 Å². The van der Waals surface area contributed by atoms with Crippen LogP contribution >= 0.6 is 15.9 Å². The van der Waals surface area contributed by atoms with E-state index in [0.29, 0.717) is 101 Å². The van der Waals surface area contributed by atoms with Crippen LogP contribution in [0.25, 0.3) is 4.85 Å². The van der Waals surface area contributed by atoms with E-state index in [1.165, 1.54) is 24.2 Å². The van der Waals surface area contributed by atoms with Crippen LogP contribution in [0, 0.1) is 132 Å². The molecule has 0 radical (unpaired) electrons. The lowest BCUT2D eigenvalue weighted by atomic mass is 9.77. The Hall–Kier alpha value is -9.93. The molecule has 1 aromatic rings. The Labute approximate surface area is 864 Å². The fourth-order valence-electron chi connectivity index (χ4n) is 11.2. The van der Waals surface area contributed by atoms with Crippen molar-refractivity contribution >= 4 is 75.6 Å². The Morgan fingerprint density at radius 1 is 0.521 bits per heavy atom. The number of aliphatic hydroxyl groups excluding tert-OH is 1. The van der Waals surface area contributed by atoms with Gasteiger partial charge in [-0.1, -0.05) is 183 Å². The Morgan fingerprint density at radius 2 is 0.951 bits per heavy atom. The number of allylic oxidation sites excluding steroid dienone is 1. The number of alkyl halides is 1. The Morgan fingerprint density at radius 3 is 1.36 bits per heavy atom. The molecule has 12 unspecified atom stereocenters. The van der Waals surface area contributed by atoms with E-state index in [1.54, 1.807) is 58.0 Å². The molecule has 3 aliphatic rings. The van der Waals surface area contributed by atoms with Crippen LogP contribution < -0.4 is 0 Å². The number of unbranched alkanes of at least 4 members (excludes halogenated alkanes) is 3. The summed E-state index contributed by atoms with van der Waals surface area (Å²) < 4.78 is 66.2. The summed E-state index contributed by atoms with van der Waals surface area (Å²) in [6, 6.07) is 15.2. The lowest BCUT2D eigenvalue weighted by molar-refractivity contribution is -0.166. The molecule has 2 bridgehead atoms. The molecule has 0 amide bonds. The van der Waals surface area contributed by atoms with Crippen LogP contribution in [0.5, 0.6) is 0 Å². The number of carbonyl (C=O) groups excluding carboxylic acids is 10. The Bertz CT molecular complexity index is 3960. The van der Waals surface area contributed by atoms with Gasteiger partial charge in [0.1, 0.15) is 50.8 Å². The minimum absolute atomic E-state index is 0.00545. The van der Waals surface area contributed by atoms with E-state index in [-0.39, 0.29) is 145 Å². The van der Waals surface area contributed by atoms with Crippen LogP contribution in [0.4, 0.5) is 0 Å². The quantitative estimate of drug-likeness (QED) is 0.0120. The van der Waals surface area contributed by atoms with Gasteiger partial charge in [0, 0.05) is 24.6 Å². The van der Waals surface area contributed by atoms with Gasteiger partial charge in [0.15, 0.2) is 12.2 Å². The van der Waals surface area contributed by atoms with E-state index in [1.807, 2.05) is 164 Å². The molecule has 808 valence electrons. The zero-order valence-electron chi connectivity index (χ0n) is 92.2. The van der Waals surface area contributed by atoms with Gasteiger partial charge < -0.3 is 71.5 Å². The summed E-state index contributed by atoms with van der Waals surface area (Å²) in [5.74, 6) is -0.0484. The van der Waals surface area contributed by atoms with Crippen molar-refractivity contribution in [1.82, 2.24) is 0 Å². The molecule has 0 heterocycles. The number of rotatable bonds is 51. The summed E-state index contributed by atoms with van der Waals surface area (Å²) in [4.78, 5) is 117. The molecule has 30 heteroatoms. The van der Waals surface area contributed by atoms with Gasteiger partial charge in [-0.25, -0.2) is 6.57 Å². The van der Waals surface area contributed by atoms with E-state index in [2.05, 4.69) is 79.7 Å². The van der Waals surface area contributed by atoms with Crippen molar-refractivity contribution in [2.75, 3.05) is 78.0 Å². The van der Waals surface area contributed by atoms with E-state index in [4.69, 9.17) is 94.3 Å². The summed E-state index contributed by atoms with van der Waals surface area (Å²) in [5.41, 5.74) is -0.972. The first kappa shape index (κ1) is 143. The van der Waals surface area contributed by atoms with Crippen molar-refractivity contribution in [3.8, 4) is 24.3 Å². The third-order valence-corrected chi connectivity index (χ3v) is 26.4. The summed E-state index contributed by atoms with van der Waals surface area (Å²) in [5, 5.41) is 44.0. The smallest absolute Gasteiger partial charge is 0.314 e. The minimum atomic E-state index is -1.02. The fraction of sp³-hybridized carbons (Fsp3) is 0.723. The number of nitriles is 4. The predicted octanol–water partition coefficient (Wildman–Crippen LogP) is 24.4. The van der Waals surface area contributed by atoms with Gasteiger partial charge in [-0.05, 0) is 253 Å². The fourth-order valence-corrected chi connectivity index (χ4v) is 11.9. The predicted molar refractivity (Wildman–Crippen MR) is 559 cm³/mol. The van der Waals surface area contributed by atoms with Crippen LogP contribution in [0.1, 0.15) is 346 Å². The molecule has 3 aliphatic carbocycles. The molecule has 1 N–H and O–H groups in total. The average Bonchev–Trinajstić information content (AvgIpc) is 1.64. The van der Waals surface area contributed by atoms with E-state index >= 15 is 0 Å². The van der Waals surface area contributed by atoms with Crippen LogP contribution in [0.3, 0.4) is 0 Å². The Kier molecular flexibility index (Phi) is 81.8. The highest BCUT2D eigenvalue weighted by Crippen LogP contribution is 2.50. The number of aliphatic hydroxyl groups is 1. The third-order valence-electron chi connectivity index (χ3n) is 25.2. The zero-order chi connectivity index (χ0) is 110. The van der Waals surface area contributed by atoms with Crippen molar-refractivity contribution in [1.29, 1.82) is 21.0 Å². The molecular formula is C112H184BrN5O24. The number of benzene rings is 1. The number of hydrogen-bond donors (Lipinski definition) is 1. The largest absolute Gasteiger partial charge is 0.502 e. The van der Waals surface area contributed by atoms with Crippen LogP contribution in [-0.2, 0) is 116 Å². The summed E-state index contributed by atoms with van der Waals surface area (Å²) in [6.07, 6.45) is 24.5. The first-order chi connectivity index (χ1) is 66.6. The molecule has 3 saturated carbocycles. The molecule has 142 heavy (non-hydrogen) atoms. The number of carbonyl (C=O) groups is 10. The molecule has 1 aromatic carbocycles. The van der Waals surface area contributed by atoms with Crippen molar-refractivity contribution in [2.45, 2.75) is 365 Å². The number of hydrogen-bond acceptors (Lipinski definition) is 28. The normalized spacial score (nSPS) is 17.6. The van der Waals surface area contributed by atoms with Crippen molar-refractivity contribution in [2.24, 2.45) is 80.3 Å². The topological polar surface area (TPSA) is 410 Å². The zero-order valence-corrected chi connectivity index (χ0v) is 93.8. The average molecular weight is 2060 g/mol. The minimum Gasteiger partial charge on any atom is -0.502 e. The number of fused-ring (bicyclic) bond motifs is 2. The van der Waals surface area contributed by atoms with Crippen molar-refractivity contribution in [3.63, 3.8) is 0 Å². The molecule has 0 aromatic heterocycles. The standard InChI is InChI=1S/C15H26O2.C13H19NO2.C13H15NO2.C11H19NO2.C11H20O4.C11H20O3.2C10H17NO2.C9H15BrO2.C9H16O3/c1-6-12(4)14(16)17-15(5)9-7-13(8-10-15)11(2)3;1-3-8(2)13(15)16-12-6-9-4-10(12)5-11(9)7-14;1-3-10(2)13(15)16-9-12-6-4-11(8-14)5-7-12;1-4-11(2,3)10(13)14-9-7-5-6-8-12;1-4-10(3)11(12)15-9-8-14-7-6-13-5-2;1-4-10(3)11(12)14-9-7-6-8-13-5-2;1-6-9(2,3)8(12)13-10(4,5)7-11;1-6-10(3,4)9(12)13-7-8(2)11-5;2*1-4-6-12-8(11)9(3,5-2)7-10/h12-13H,2,6-10H2,1,3-5H3;8-12H,3-6H2,1-2H3;4-7,10H,3,9H2,1-2H3;4-7,9H2,1-3H3;5,10H,2,4,6-9H2,1,3H3;5,10H,2,4,6-9H2,1,3H3;6H2,1-5H3;8H,6-7H2,1-4H3;4H,1,5-7H2,2-3H3;4,10H,1,5-7H2,2-3H3. The van der Waals surface area contributed by atoms with E-state index in [0.717, 1.165) is 128 Å². The molecule has 3 fully saturated rings. The van der Waals surface area contributed by atoms with Crippen molar-refractivity contribution < 1.29 is 115 Å². The second-order valence-electron chi connectivity index (χ2n) is 39.1. The van der Waals surface area contributed by atoms with Gasteiger partial charge >= 0.3 is 59.7 Å². The van der Waals surface area contributed by atoms with Gasteiger partial charge in [-0.3, -0.25) is 47.9 Å². The molecule has 0 aliphatic heterocycles. The highest BCUT2D eigenvalue weighted by molar-refractivity contribution is 9.09. The number of halogens is 1. The Balaban J connectivity index is -0.000000363. The maximum Gasteiger partial charge on any atom is 0.314 e. The van der Waals surface area contributed by atoms with Gasteiger partial charge in [-0.2, -0.15) is 21.0 Å². The van der Waals surface area contributed by atoms with E-state index in [9.17, 15) is 47.9 Å². The molecule has 12 atom stereocenters. The van der Waals surface area contributed by atoms with Gasteiger partial charge in [0.2, 0.25) is 0 Å². The van der Waals surface area contributed by atoms with E-state index < -0.39 is 27.3 Å². The maximum absolute atomic E-state index is 11.8. The first-order valence-electron chi connectivity index (χ1n) is 50.5. The number of ether oxygens (including phenoxy) is 13. The van der Waals surface area contributed by atoms with Crippen LogP contribution in [-0.4, -0.2) is 166 Å². The monoisotopic (exact) mass is 2060 g/mol. The summed E-state index contributed by atoms with van der Waals surface area (Å²) >= 11 is 3.30. The highest BCUT2D eigenvalue weighted by Gasteiger charge is 2.48. The summed E-state index contributed by atoms with van der Waals surface area (Å²) in [7, 11) is 0. The maximum atomic E-state index is 11.8. The van der Waals surface area contributed by atoms with Gasteiger partial charge in [0.25, 0.3) is 6.04 Å².